The van der Waals surface area contributed by atoms with Crippen molar-refractivity contribution in [2.45, 2.75) is 33.6 Å². The van der Waals surface area contributed by atoms with Crippen molar-refractivity contribution in [3.05, 3.63) is 11.9 Å². The average Bonchev–Trinajstić information content (AvgIpc) is 2.49. The summed E-state index contributed by atoms with van der Waals surface area (Å²) in [4.78, 5) is 11.0. The molecule has 1 aromatic heterocycles. The number of piperidine rings is 1. The normalized spacial score (nSPS) is 18.9. The van der Waals surface area contributed by atoms with Crippen molar-refractivity contribution in [1.82, 2.24) is 15.3 Å². The van der Waals surface area contributed by atoms with Crippen molar-refractivity contribution in [2.24, 2.45) is 5.92 Å². The third-order valence-electron chi connectivity index (χ3n) is 3.85. The van der Waals surface area contributed by atoms with Gasteiger partial charge in [0.05, 0.1) is 12.2 Å². The molecular weight excluding hydrogens is 252 g/mol. The second-order valence-electron chi connectivity index (χ2n) is 5.31. The summed E-state index contributed by atoms with van der Waals surface area (Å²) in [5.74, 6) is 2.42. The highest BCUT2D eigenvalue weighted by molar-refractivity contribution is 5.50. The van der Waals surface area contributed by atoms with Gasteiger partial charge >= 0.3 is 0 Å². The number of rotatable bonds is 6. The second-order valence-corrected chi connectivity index (χ2v) is 5.31. The van der Waals surface area contributed by atoms with E-state index in [4.69, 9.17) is 4.74 Å². The van der Waals surface area contributed by atoms with Crippen LogP contribution in [0.2, 0.25) is 0 Å². The molecule has 1 saturated heterocycles. The molecule has 20 heavy (non-hydrogen) atoms. The Bertz CT molecular complexity index is 418. The van der Waals surface area contributed by atoms with Crippen LogP contribution in [0.15, 0.2) is 6.33 Å². The van der Waals surface area contributed by atoms with E-state index in [1.54, 1.807) is 6.33 Å². The number of nitrogens with one attached hydrogen (secondary N) is 1. The van der Waals surface area contributed by atoms with Gasteiger partial charge in [-0.2, -0.15) is 0 Å². The first-order chi connectivity index (χ1) is 9.76. The van der Waals surface area contributed by atoms with Gasteiger partial charge in [-0.1, -0.05) is 0 Å². The molecule has 1 aromatic rings. The monoisotopic (exact) mass is 278 g/mol. The number of hydrogen-bond donors (Lipinski definition) is 1. The van der Waals surface area contributed by atoms with Crippen LogP contribution in [0.25, 0.3) is 0 Å². The standard InChI is InChI=1S/C15H26N4O/c1-4-19(10-13-7-6-8-16-9-13)14-12(3)15(20-5-2)18-11-17-14/h11,13,16H,4-10H2,1-3H3. The minimum Gasteiger partial charge on any atom is -0.478 e. The molecule has 0 amide bonds. The zero-order valence-electron chi connectivity index (χ0n) is 12.9. The average molecular weight is 278 g/mol. The third kappa shape index (κ3) is 3.60. The topological polar surface area (TPSA) is 50.3 Å². The molecule has 1 aliphatic rings. The minimum absolute atomic E-state index is 0.635. The molecule has 112 valence electrons. The van der Waals surface area contributed by atoms with E-state index in [1.807, 2.05) is 13.8 Å². The van der Waals surface area contributed by atoms with E-state index in [0.29, 0.717) is 18.4 Å². The molecule has 5 nitrogen and oxygen atoms in total. The van der Waals surface area contributed by atoms with Crippen LogP contribution < -0.4 is 15.0 Å². The summed E-state index contributed by atoms with van der Waals surface area (Å²) in [6.07, 6.45) is 4.18. The van der Waals surface area contributed by atoms with E-state index in [-0.39, 0.29) is 0 Å². The lowest BCUT2D eigenvalue weighted by Crippen LogP contribution is -2.39. The molecule has 1 N–H and O–H groups in total. The van der Waals surface area contributed by atoms with E-state index >= 15 is 0 Å². The van der Waals surface area contributed by atoms with Gasteiger partial charge < -0.3 is 15.0 Å². The van der Waals surface area contributed by atoms with Crippen molar-refractivity contribution in [2.75, 3.05) is 37.7 Å². The highest BCUT2D eigenvalue weighted by Gasteiger charge is 2.19. The Hall–Kier alpha value is -1.36. The fraction of sp³-hybridized carbons (Fsp3) is 0.733. The summed E-state index contributed by atoms with van der Waals surface area (Å²) in [5, 5.41) is 3.48. The zero-order valence-corrected chi connectivity index (χ0v) is 12.9. The lowest BCUT2D eigenvalue weighted by Gasteiger charge is -2.31. The first-order valence-corrected chi connectivity index (χ1v) is 7.66. The first-order valence-electron chi connectivity index (χ1n) is 7.66. The molecular formula is C15H26N4O. The minimum atomic E-state index is 0.635. The van der Waals surface area contributed by atoms with Gasteiger partial charge in [-0.15, -0.1) is 0 Å². The van der Waals surface area contributed by atoms with Gasteiger partial charge in [0.1, 0.15) is 12.1 Å². The highest BCUT2D eigenvalue weighted by Crippen LogP contribution is 2.25. The van der Waals surface area contributed by atoms with Crippen molar-refractivity contribution < 1.29 is 4.74 Å². The first kappa shape index (κ1) is 15.0. The SMILES string of the molecule is CCOc1ncnc(N(CC)CC2CCCNC2)c1C. The summed E-state index contributed by atoms with van der Waals surface area (Å²) in [5.41, 5.74) is 1.04. The van der Waals surface area contributed by atoms with E-state index in [1.165, 1.54) is 12.8 Å². The smallest absolute Gasteiger partial charge is 0.221 e. The van der Waals surface area contributed by atoms with Gasteiger partial charge in [0.25, 0.3) is 0 Å². The van der Waals surface area contributed by atoms with Gasteiger partial charge in [-0.05, 0) is 52.6 Å². The summed E-state index contributed by atoms with van der Waals surface area (Å²) in [7, 11) is 0. The summed E-state index contributed by atoms with van der Waals surface area (Å²) in [6.45, 7) is 11.1. The van der Waals surface area contributed by atoms with Gasteiger partial charge in [-0.25, -0.2) is 9.97 Å². The fourth-order valence-corrected chi connectivity index (χ4v) is 2.78. The molecule has 1 unspecified atom stereocenters. The van der Waals surface area contributed by atoms with E-state index in [2.05, 4.69) is 27.1 Å². The fourth-order valence-electron chi connectivity index (χ4n) is 2.78. The van der Waals surface area contributed by atoms with Crippen molar-refractivity contribution in [3.8, 4) is 5.88 Å². The molecule has 2 heterocycles. The summed E-state index contributed by atoms with van der Waals surface area (Å²) < 4.78 is 5.57. The van der Waals surface area contributed by atoms with E-state index in [9.17, 15) is 0 Å². The number of hydrogen-bond acceptors (Lipinski definition) is 5. The molecule has 0 bridgehead atoms. The van der Waals surface area contributed by atoms with Crippen molar-refractivity contribution in [3.63, 3.8) is 0 Å². The third-order valence-corrected chi connectivity index (χ3v) is 3.85. The van der Waals surface area contributed by atoms with Crippen molar-refractivity contribution in [1.29, 1.82) is 0 Å². The predicted molar refractivity (Wildman–Crippen MR) is 81.4 cm³/mol. The lowest BCUT2D eigenvalue weighted by atomic mass is 9.99. The quantitative estimate of drug-likeness (QED) is 0.862. The maximum absolute atomic E-state index is 5.57. The predicted octanol–water partition coefficient (Wildman–Crippen LogP) is 2.01. The number of anilines is 1. The Morgan fingerprint density at radius 3 is 2.90 bits per heavy atom. The van der Waals surface area contributed by atoms with Crippen LogP contribution in [0.1, 0.15) is 32.3 Å². The largest absolute Gasteiger partial charge is 0.478 e. The molecule has 1 fully saturated rings. The second kappa shape index (κ2) is 7.43. The van der Waals surface area contributed by atoms with E-state index in [0.717, 1.165) is 37.6 Å². The Morgan fingerprint density at radius 2 is 2.25 bits per heavy atom. The molecule has 0 spiro atoms. The molecule has 0 aliphatic carbocycles. The maximum Gasteiger partial charge on any atom is 0.221 e. The van der Waals surface area contributed by atoms with Crippen LogP contribution in [-0.4, -0.2) is 42.8 Å². The Morgan fingerprint density at radius 1 is 1.40 bits per heavy atom. The van der Waals surface area contributed by atoms with Crippen LogP contribution >= 0.6 is 0 Å². The van der Waals surface area contributed by atoms with Crippen LogP contribution in [0.5, 0.6) is 5.88 Å². The zero-order chi connectivity index (χ0) is 14.4. The number of ether oxygens (including phenoxy) is 1. The van der Waals surface area contributed by atoms with E-state index < -0.39 is 0 Å². The molecule has 1 atom stereocenters. The molecule has 5 heteroatoms. The molecule has 0 saturated carbocycles. The molecule has 2 rings (SSSR count). The van der Waals surface area contributed by atoms with Gasteiger partial charge in [0.2, 0.25) is 5.88 Å². The number of aromatic nitrogens is 2. The molecule has 0 aromatic carbocycles. The van der Waals surface area contributed by atoms with Gasteiger partial charge in [0.15, 0.2) is 0 Å². The summed E-state index contributed by atoms with van der Waals surface area (Å²) >= 11 is 0. The molecule has 0 radical (unpaired) electrons. The highest BCUT2D eigenvalue weighted by atomic mass is 16.5. The van der Waals surface area contributed by atoms with Gasteiger partial charge in [-0.3, -0.25) is 0 Å². The Balaban J connectivity index is 2.11. The van der Waals surface area contributed by atoms with Gasteiger partial charge in [0, 0.05) is 13.1 Å². The lowest BCUT2D eigenvalue weighted by molar-refractivity contribution is 0.323. The summed E-state index contributed by atoms with van der Waals surface area (Å²) in [6, 6.07) is 0. The Kier molecular flexibility index (Phi) is 5.59. The van der Waals surface area contributed by atoms with Crippen molar-refractivity contribution >= 4 is 5.82 Å². The Labute approximate surface area is 121 Å². The van der Waals surface area contributed by atoms with Crippen LogP contribution in [-0.2, 0) is 0 Å². The molecule has 1 aliphatic heterocycles. The van der Waals surface area contributed by atoms with Crippen LogP contribution in [0.3, 0.4) is 0 Å². The van der Waals surface area contributed by atoms with Crippen LogP contribution in [0.4, 0.5) is 5.82 Å². The van der Waals surface area contributed by atoms with Crippen LogP contribution in [0, 0.1) is 12.8 Å². The number of nitrogens with zero attached hydrogens (tertiary/aromatic N) is 3. The maximum atomic E-state index is 5.57.